The predicted molar refractivity (Wildman–Crippen MR) is 92.0 cm³/mol. The van der Waals surface area contributed by atoms with Gasteiger partial charge in [-0.3, -0.25) is 4.79 Å². The SMILES string of the molecule is CC(C)(C)OC(=O)N[C@@H]1C[C@H]1c1ccc(OC(=O)C(C)(C)C)cc1. The highest BCUT2D eigenvalue weighted by Gasteiger charge is 2.40. The molecule has 0 saturated heterocycles. The highest BCUT2D eigenvalue weighted by atomic mass is 16.6. The molecule has 1 amide bonds. The molecule has 5 nitrogen and oxygen atoms in total. The van der Waals surface area contributed by atoms with E-state index in [4.69, 9.17) is 9.47 Å². The number of carbonyl (C=O) groups excluding carboxylic acids is 2. The van der Waals surface area contributed by atoms with Gasteiger partial charge in [-0.25, -0.2) is 4.79 Å². The van der Waals surface area contributed by atoms with Gasteiger partial charge < -0.3 is 14.8 Å². The number of benzene rings is 1. The number of rotatable bonds is 3. The van der Waals surface area contributed by atoms with Crippen LogP contribution in [0.25, 0.3) is 0 Å². The Morgan fingerprint density at radius 1 is 1.04 bits per heavy atom. The molecule has 0 unspecified atom stereocenters. The van der Waals surface area contributed by atoms with Crippen LogP contribution < -0.4 is 10.1 Å². The van der Waals surface area contributed by atoms with Crippen molar-refractivity contribution in [1.82, 2.24) is 5.32 Å². The zero-order valence-electron chi connectivity index (χ0n) is 15.3. The number of nitrogens with one attached hydrogen (secondary N) is 1. The number of carbonyl (C=O) groups is 2. The summed E-state index contributed by atoms with van der Waals surface area (Å²) in [6.07, 6.45) is 0.506. The fourth-order valence-electron chi connectivity index (χ4n) is 2.23. The summed E-state index contributed by atoms with van der Waals surface area (Å²) in [6, 6.07) is 7.56. The lowest BCUT2D eigenvalue weighted by Crippen LogP contribution is -2.34. The first-order chi connectivity index (χ1) is 11.0. The lowest BCUT2D eigenvalue weighted by atomic mass is 9.97. The van der Waals surface area contributed by atoms with Crippen LogP contribution in [0.3, 0.4) is 0 Å². The van der Waals surface area contributed by atoms with Crippen LogP contribution in [-0.2, 0) is 9.53 Å². The Balaban J connectivity index is 1.87. The highest BCUT2D eigenvalue weighted by molar-refractivity contribution is 5.77. The van der Waals surface area contributed by atoms with E-state index in [2.05, 4.69) is 5.32 Å². The molecule has 0 aromatic heterocycles. The second kappa shape index (κ2) is 6.46. The molecular weight excluding hydrogens is 306 g/mol. The third-order valence-electron chi connectivity index (χ3n) is 3.62. The smallest absolute Gasteiger partial charge is 0.407 e. The van der Waals surface area contributed by atoms with Gasteiger partial charge in [-0.1, -0.05) is 12.1 Å². The number of hydrogen-bond acceptors (Lipinski definition) is 4. The van der Waals surface area contributed by atoms with Gasteiger partial charge >= 0.3 is 12.1 Å². The van der Waals surface area contributed by atoms with E-state index in [9.17, 15) is 9.59 Å². The van der Waals surface area contributed by atoms with E-state index in [-0.39, 0.29) is 24.0 Å². The molecule has 0 radical (unpaired) electrons. The van der Waals surface area contributed by atoms with Crippen molar-refractivity contribution in [1.29, 1.82) is 0 Å². The van der Waals surface area contributed by atoms with Crippen molar-refractivity contribution in [2.75, 3.05) is 0 Å². The molecule has 1 aromatic rings. The van der Waals surface area contributed by atoms with Crippen molar-refractivity contribution >= 4 is 12.1 Å². The fraction of sp³-hybridized carbons (Fsp3) is 0.579. The number of esters is 1. The molecular formula is C19H27NO4. The van der Waals surface area contributed by atoms with Gasteiger partial charge in [0.05, 0.1) is 5.41 Å². The first-order valence-electron chi connectivity index (χ1n) is 8.27. The molecule has 0 heterocycles. The molecule has 1 aliphatic carbocycles. The topological polar surface area (TPSA) is 64.6 Å². The van der Waals surface area contributed by atoms with E-state index >= 15 is 0 Å². The lowest BCUT2D eigenvalue weighted by Gasteiger charge is -2.19. The molecule has 1 saturated carbocycles. The molecule has 5 heteroatoms. The van der Waals surface area contributed by atoms with Crippen LogP contribution in [0.5, 0.6) is 5.75 Å². The van der Waals surface area contributed by atoms with Crippen molar-refractivity contribution in [3.8, 4) is 5.75 Å². The van der Waals surface area contributed by atoms with Crippen LogP contribution in [0.1, 0.15) is 59.4 Å². The van der Waals surface area contributed by atoms with Gasteiger partial charge in [0, 0.05) is 12.0 Å². The molecule has 0 spiro atoms. The van der Waals surface area contributed by atoms with Crippen LogP contribution in [-0.4, -0.2) is 23.7 Å². The summed E-state index contributed by atoms with van der Waals surface area (Å²) in [7, 11) is 0. The molecule has 2 rings (SSSR count). The maximum Gasteiger partial charge on any atom is 0.407 e. The van der Waals surface area contributed by atoms with E-state index in [1.165, 1.54) is 0 Å². The standard InChI is InChI=1S/C19H27NO4/c1-18(2,3)16(21)23-13-9-7-12(8-10-13)14-11-15(14)20-17(22)24-19(4,5)6/h7-10,14-15H,11H2,1-6H3,(H,20,22)/t14-,15+/m0/s1. The first kappa shape index (κ1) is 18.3. The third-order valence-corrected chi connectivity index (χ3v) is 3.62. The van der Waals surface area contributed by atoms with E-state index in [0.29, 0.717) is 5.75 Å². The van der Waals surface area contributed by atoms with Crippen molar-refractivity contribution in [3.05, 3.63) is 29.8 Å². The summed E-state index contributed by atoms with van der Waals surface area (Å²) in [5.74, 6) is 0.562. The Morgan fingerprint density at radius 2 is 1.62 bits per heavy atom. The normalized spacial score (nSPS) is 20.2. The van der Waals surface area contributed by atoms with Crippen molar-refractivity contribution in [3.63, 3.8) is 0 Å². The highest BCUT2D eigenvalue weighted by Crippen LogP contribution is 2.41. The van der Waals surface area contributed by atoms with Crippen molar-refractivity contribution in [2.24, 2.45) is 5.41 Å². The predicted octanol–water partition coefficient (Wildman–Crippen LogP) is 4.02. The third kappa shape index (κ3) is 5.25. The molecule has 132 valence electrons. The van der Waals surface area contributed by atoms with E-state index in [1.54, 1.807) is 12.1 Å². The van der Waals surface area contributed by atoms with E-state index < -0.39 is 11.0 Å². The largest absolute Gasteiger partial charge is 0.444 e. The fourth-order valence-corrected chi connectivity index (χ4v) is 2.23. The van der Waals surface area contributed by atoms with E-state index in [0.717, 1.165) is 12.0 Å². The molecule has 2 atom stereocenters. The Labute approximate surface area is 143 Å². The van der Waals surface area contributed by atoms with E-state index in [1.807, 2.05) is 53.7 Å². The van der Waals surface area contributed by atoms with Gasteiger partial charge in [0.2, 0.25) is 0 Å². The zero-order valence-corrected chi connectivity index (χ0v) is 15.3. The minimum atomic E-state index is -0.530. The average molecular weight is 333 g/mol. The molecule has 1 aromatic carbocycles. The van der Waals surface area contributed by atoms with Crippen LogP contribution >= 0.6 is 0 Å². The van der Waals surface area contributed by atoms with Gasteiger partial charge in [-0.05, 0) is 65.7 Å². The number of hydrogen-bond donors (Lipinski definition) is 1. The maximum atomic E-state index is 11.9. The van der Waals surface area contributed by atoms with Gasteiger partial charge in [-0.15, -0.1) is 0 Å². The average Bonchev–Trinajstić information content (AvgIpc) is 3.15. The molecule has 24 heavy (non-hydrogen) atoms. The molecule has 1 aliphatic rings. The summed E-state index contributed by atoms with van der Waals surface area (Å²) in [5.41, 5.74) is 0.0941. The Morgan fingerprint density at radius 3 is 2.12 bits per heavy atom. The summed E-state index contributed by atoms with van der Waals surface area (Å²) in [5, 5.41) is 2.88. The van der Waals surface area contributed by atoms with Crippen LogP contribution in [0.4, 0.5) is 4.79 Å². The van der Waals surface area contributed by atoms with Crippen molar-refractivity contribution < 1.29 is 19.1 Å². The molecule has 1 fully saturated rings. The lowest BCUT2D eigenvalue weighted by molar-refractivity contribution is -0.143. The maximum absolute atomic E-state index is 11.9. The number of amides is 1. The van der Waals surface area contributed by atoms with Crippen LogP contribution in [0, 0.1) is 5.41 Å². The molecule has 0 aliphatic heterocycles. The van der Waals surface area contributed by atoms with Gasteiger partial charge in [0.15, 0.2) is 0 Å². The Hall–Kier alpha value is -2.04. The number of alkyl carbamates (subject to hydrolysis) is 1. The number of ether oxygens (including phenoxy) is 2. The van der Waals surface area contributed by atoms with Gasteiger partial charge in [0.1, 0.15) is 11.4 Å². The van der Waals surface area contributed by atoms with Gasteiger partial charge in [-0.2, -0.15) is 0 Å². The summed E-state index contributed by atoms with van der Waals surface area (Å²) in [6.45, 7) is 11.0. The zero-order chi connectivity index (χ0) is 18.1. The van der Waals surface area contributed by atoms with Crippen LogP contribution in [0.15, 0.2) is 24.3 Å². The Bertz CT molecular complexity index is 608. The monoisotopic (exact) mass is 333 g/mol. The summed E-state index contributed by atoms with van der Waals surface area (Å²) in [4.78, 5) is 23.6. The minimum Gasteiger partial charge on any atom is -0.444 e. The Kier molecular flexibility index (Phi) is 4.92. The summed E-state index contributed by atoms with van der Waals surface area (Å²) >= 11 is 0. The first-order valence-corrected chi connectivity index (χ1v) is 8.27. The minimum absolute atomic E-state index is 0.0998. The van der Waals surface area contributed by atoms with Crippen LogP contribution in [0.2, 0.25) is 0 Å². The second-order valence-electron chi connectivity index (χ2n) is 8.30. The van der Waals surface area contributed by atoms with Crippen molar-refractivity contribution in [2.45, 2.75) is 65.5 Å². The van der Waals surface area contributed by atoms with Gasteiger partial charge in [0.25, 0.3) is 0 Å². The molecule has 1 N–H and O–H groups in total. The second-order valence-corrected chi connectivity index (χ2v) is 8.30. The quantitative estimate of drug-likeness (QED) is 0.670. The summed E-state index contributed by atoms with van der Waals surface area (Å²) < 4.78 is 10.6. The molecule has 0 bridgehead atoms.